The third kappa shape index (κ3) is 7.68. The van der Waals surface area contributed by atoms with Gasteiger partial charge in [-0.25, -0.2) is 0 Å². The van der Waals surface area contributed by atoms with E-state index >= 15 is 0 Å². The summed E-state index contributed by atoms with van der Waals surface area (Å²) in [5, 5.41) is 32.6. The number of rotatable bonds is 12. The Labute approximate surface area is 202 Å². The quantitative estimate of drug-likeness (QED) is 0.445. The molecule has 3 N–H and O–H groups in total. The van der Waals surface area contributed by atoms with E-state index in [1.165, 1.54) is 0 Å². The van der Waals surface area contributed by atoms with Crippen LogP contribution in [-0.4, -0.2) is 58.3 Å². The molecule has 7 heteroatoms. The number of amides is 2. The summed E-state index contributed by atoms with van der Waals surface area (Å²) >= 11 is 0. The van der Waals surface area contributed by atoms with Crippen molar-refractivity contribution < 1.29 is 19.8 Å². The summed E-state index contributed by atoms with van der Waals surface area (Å²) in [6, 6.07) is 15.3. The summed E-state index contributed by atoms with van der Waals surface area (Å²) in [4.78, 5) is 28.0. The predicted octanol–water partition coefficient (Wildman–Crippen LogP) is 3.23. The summed E-state index contributed by atoms with van der Waals surface area (Å²) in [6.07, 6.45) is -0.932. The number of carbonyl (C=O) groups excluding carboxylic acids is 2. The van der Waals surface area contributed by atoms with Gasteiger partial charge in [-0.3, -0.25) is 9.59 Å². The van der Waals surface area contributed by atoms with Crippen LogP contribution >= 0.6 is 0 Å². The van der Waals surface area contributed by atoms with Crippen molar-refractivity contribution in [3.63, 3.8) is 0 Å². The first-order valence-corrected chi connectivity index (χ1v) is 11.8. The molecule has 0 aliphatic heterocycles. The van der Waals surface area contributed by atoms with Crippen molar-refractivity contribution in [1.82, 2.24) is 10.2 Å². The van der Waals surface area contributed by atoms with Gasteiger partial charge < -0.3 is 20.4 Å². The lowest BCUT2D eigenvalue weighted by Crippen LogP contribution is -2.49. The molecule has 0 spiro atoms. The number of hydrogen-bond acceptors (Lipinski definition) is 5. The minimum absolute atomic E-state index is 0.119. The summed E-state index contributed by atoms with van der Waals surface area (Å²) < 4.78 is 0. The summed E-state index contributed by atoms with van der Waals surface area (Å²) in [5.74, 6) is -0.578. The average Bonchev–Trinajstić information content (AvgIpc) is 2.83. The smallest absolute Gasteiger partial charge is 0.253 e. The van der Waals surface area contributed by atoms with Gasteiger partial charge >= 0.3 is 0 Å². The fraction of sp³-hybridized carbons (Fsp3) is 0.444. The molecule has 2 rings (SSSR count). The molecule has 0 heterocycles. The minimum atomic E-state index is -1.33. The van der Waals surface area contributed by atoms with Gasteiger partial charge in [-0.1, -0.05) is 44.2 Å². The van der Waals surface area contributed by atoms with Gasteiger partial charge in [0.1, 0.15) is 6.10 Å². The van der Waals surface area contributed by atoms with Crippen LogP contribution < -0.4 is 5.32 Å². The van der Waals surface area contributed by atoms with E-state index in [9.17, 15) is 19.8 Å². The van der Waals surface area contributed by atoms with E-state index < -0.39 is 24.2 Å². The number of hydrogen-bond donors (Lipinski definition) is 3. The van der Waals surface area contributed by atoms with Crippen LogP contribution in [0.25, 0.3) is 0 Å². The van der Waals surface area contributed by atoms with E-state index in [-0.39, 0.29) is 18.7 Å². The molecule has 0 aromatic heterocycles. The molecule has 0 aliphatic rings. The number of aliphatic hydroxyl groups excluding tert-OH is 2. The second-order valence-electron chi connectivity index (χ2n) is 8.57. The van der Waals surface area contributed by atoms with Crippen LogP contribution in [0.3, 0.4) is 0 Å². The van der Waals surface area contributed by atoms with Crippen LogP contribution in [0.1, 0.15) is 65.0 Å². The van der Waals surface area contributed by atoms with Crippen LogP contribution in [0.15, 0.2) is 48.5 Å². The molecule has 7 nitrogen and oxygen atoms in total. The monoisotopic (exact) mass is 465 g/mol. The van der Waals surface area contributed by atoms with E-state index in [4.69, 9.17) is 5.26 Å². The van der Waals surface area contributed by atoms with Crippen molar-refractivity contribution in [1.29, 1.82) is 5.26 Å². The molecule has 0 saturated carbocycles. The number of nitrogens with one attached hydrogen (secondary N) is 1. The van der Waals surface area contributed by atoms with Crippen molar-refractivity contribution in [2.45, 2.75) is 64.7 Å². The van der Waals surface area contributed by atoms with Crippen LogP contribution in [0, 0.1) is 18.3 Å². The standard InChI is InChI=1S/C27H35N3O4/c1-4-13-30(14-5-2)27(34)22-16-19(3)15-21(18-22)26(33)29-23(25(32)24(31)11-12-28)17-20-9-7-6-8-10-20/h6-10,15-16,18,23-25,31-32H,4-5,11,13-14,17H2,1-3H3,(H,29,33). The number of nitrogens with zero attached hydrogens (tertiary/aromatic N) is 2. The first kappa shape index (κ1) is 27.0. The van der Waals surface area contributed by atoms with E-state index in [2.05, 4.69) is 5.32 Å². The molecule has 0 radical (unpaired) electrons. The Morgan fingerprint density at radius 2 is 1.65 bits per heavy atom. The molecule has 2 amide bonds. The molecule has 0 bridgehead atoms. The maximum absolute atomic E-state index is 13.2. The highest BCUT2D eigenvalue weighted by atomic mass is 16.3. The Hall–Kier alpha value is -3.21. The van der Waals surface area contributed by atoms with Crippen molar-refractivity contribution in [3.8, 4) is 6.07 Å². The highest BCUT2D eigenvalue weighted by molar-refractivity contribution is 6.00. The molecule has 34 heavy (non-hydrogen) atoms. The highest BCUT2D eigenvalue weighted by Gasteiger charge is 2.28. The number of nitriles is 1. The average molecular weight is 466 g/mol. The van der Waals surface area contributed by atoms with Crippen molar-refractivity contribution >= 4 is 11.8 Å². The molecule has 2 aromatic carbocycles. The first-order chi connectivity index (χ1) is 16.3. The second kappa shape index (κ2) is 13.5. The van der Waals surface area contributed by atoms with Gasteiger partial charge in [0.2, 0.25) is 0 Å². The zero-order valence-corrected chi connectivity index (χ0v) is 20.2. The molecular weight excluding hydrogens is 430 g/mol. The number of benzene rings is 2. The van der Waals surface area contributed by atoms with Crippen LogP contribution in [0.5, 0.6) is 0 Å². The normalized spacial score (nSPS) is 13.4. The third-order valence-corrected chi connectivity index (χ3v) is 5.58. The van der Waals surface area contributed by atoms with E-state index in [0.29, 0.717) is 24.2 Å². The Kier molecular flexibility index (Phi) is 10.7. The summed E-state index contributed by atoms with van der Waals surface area (Å²) in [5.41, 5.74) is 2.38. The molecule has 2 aromatic rings. The lowest BCUT2D eigenvalue weighted by molar-refractivity contribution is -0.000338. The maximum Gasteiger partial charge on any atom is 0.253 e. The van der Waals surface area contributed by atoms with Crippen molar-refractivity contribution in [3.05, 3.63) is 70.8 Å². The van der Waals surface area contributed by atoms with Crippen molar-refractivity contribution in [2.75, 3.05) is 13.1 Å². The third-order valence-electron chi connectivity index (χ3n) is 5.58. The van der Waals surface area contributed by atoms with Gasteiger partial charge in [0, 0.05) is 24.2 Å². The largest absolute Gasteiger partial charge is 0.389 e. The number of aliphatic hydroxyl groups is 2. The Balaban J connectivity index is 2.30. The first-order valence-electron chi connectivity index (χ1n) is 11.8. The minimum Gasteiger partial charge on any atom is -0.389 e. The van der Waals surface area contributed by atoms with E-state index in [0.717, 1.165) is 24.0 Å². The van der Waals surface area contributed by atoms with Crippen LogP contribution in [-0.2, 0) is 6.42 Å². The molecule has 182 valence electrons. The topological polar surface area (TPSA) is 114 Å². The van der Waals surface area contributed by atoms with Gasteiger partial charge in [0.25, 0.3) is 11.8 Å². The maximum atomic E-state index is 13.2. The van der Waals surface area contributed by atoms with Gasteiger partial charge in [-0.05, 0) is 55.5 Å². The molecule has 3 unspecified atom stereocenters. The fourth-order valence-corrected chi connectivity index (χ4v) is 3.93. The molecule has 0 fully saturated rings. The lowest BCUT2D eigenvalue weighted by atomic mass is 9.96. The van der Waals surface area contributed by atoms with Gasteiger partial charge in [-0.15, -0.1) is 0 Å². The predicted molar refractivity (Wildman–Crippen MR) is 131 cm³/mol. The fourth-order valence-electron chi connectivity index (χ4n) is 3.93. The van der Waals surface area contributed by atoms with E-state index in [1.807, 2.05) is 57.2 Å². The summed E-state index contributed by atoms with van der Waals surface area (Å²) in [6.45, 7) is 7.15. The van der Waals surface area contributed by atoms with Gasteiger partial charge in [-0.2, -0.15) is 5.26 Å². The van der Waals surface area contributed by atoms with Gasteiger partial charge in [0.15, 0.2) is 0 Å². The Morgan fingerprint density at radius 3 is 2.24 bits per heavy atom. The van der Waals surface area contributed by atoms with Crippen LogP contribution in [0.2, 0.25) is 0 Å². The molecular formula is C27H35N3O4. The lowest BCUT2D eigenvalue weighted by Gasteiger charge is -2.27. The Morgan fingerprint density at radius 1 is 1.03 bits per heavy atom. The zero-order chi connectivity index (χ0) is 25.1. The second-order valence-corrected chi connectivity index (χ2v) is 8.57. The molecule has 0 saturated heterocycles. The van der Waals surface area contributed by atoms with Crippen molar-refractivity contribution in [2.24, 2.45) is 0 Å². The molecule has 0 aliphatic carbocycles. The SMILES string of the molecule is CCCN(CCC)C(=O)c1cc(C)cc(C(=O)NC(Cc2ccccc2)C(O)C(O)CC#N)c1. The zero-order valence-electron chi connectivity index (χ0n) is 20.2. The van der Waals surface area contributed by atoms with Crippen LogP contribution in [0.4, 0.5) is 0 Å². The molecule has 3 atom stereocenters. The highest BCUT2D eigenvalue weighted by Crippen LogP contribution is 2.16. The Bertz CT molecular complexity index is 981. The van der Waals surface area contributed by atoms with Gasteiger partial charge in [0.05, 0.1) is 24.6 Å². The number of aryl methyl sites for hydroxylation is 1. The van der Waals surface area contributed by atoms with E-state index in [1.54, 1.807) is 23.1 Å². The number of carbonyl (C=O) groups is 2. The summed E-state index contributed by atoms with van der Waals surface area (Å²) in [7, 11) is 0.